The summed E-state index contributed by atoms with van der Waals surface area (Å²) in [6, 6.07) is 8.94. The van der Waals surface area contributed by atoms with E-state index in [1.807, 2.05) is 6.92 Å². The Kier molecular flexibility index (Phi) is 5.00. The van der Waals surface area contributed by atoms with Crippen LogP contribution in [0.1, 0.15) is 56.6 Å². The van der Waals surface area contributed by atoms with Crippen molar-refractivity contribution in [1.82, 2.24) is 0 Å². The zero-order valence-electron chi connectivity index (χ0n) is 12.1. The molecule has 0 saturated heterocycles. The van der Waals surface area contributed by atoms with E-state index in [1.54, 1.807) is 0 Å². The van der Waals surface area contributed by atoms with E-state index in [4.69, 9.17) is 5.73 Å². The van der Waals surface area contributed by atoms with E-state index in [9.17, 15) is 5.11 Å². The summed E-state index contributed by atoms with van der Waals surface area (Å²) in [4.78, 5) is 0. The molecule has 1 aliphatic rings. The Balaban J connectivity index is 2.07. The van der Waals surface area contributed by atoms with Crippen molar-refractivity contribution in [2.75, 3.05) is 6.54 Å². The fraction of sp³-hybridized carbons (Fsp3) is 0.647. The van der Waals surface area contributed by atoms with Crippen molar-refractivity contribution < 1.29 is 5.11 Å². The van der Waals surface area contributed by atoms with Gasteiger partial charge < -0.3 is 10.8 Å². The predicted molar refractivity (Wildman–Crippen MR) is 80.3 cm³/mol. The Morgan fingerprint density at radius 3 is 2.32 bits per heavy atom. The third-order valence-corrected chi connectivity index (χ3v) is 4.62. The SMILES string of the molecule is CC(O)CCc1ccc(C2(CN)CCCCC2)cc1. The highest BCUT2D eigenvalue weighted by molar-refractivity contribution is 5.30. The van der Waals surface area contributed by atoms with Gasteiger partial charge in [0.2, 0.25) is 0 Å². The second-order valence-corrected chi connectivity index (χ2v) is 6.13. The van der Waals surface area contributed by atoms with Crippen LogP contribution in [0.5, 0.6) is 0 Å². The minimum atomic E-state index is -0.214. The van der Waals surface area contributed by atoms with Gasteiger partial charge >= 0.3 is 0 Å². The molecule has 0 aromatic heterocycles. The summed E-state index contributed by atoms with van der Waals surface area (Å²) in [6.07, 6.45) is 8.01. The molecule has 0 heterocycles. The first-order chi connectivity index (χ1) is 9.16. The number of aliphatic hydroxyl groups excluding tert-OH is 1. The maximum absolute atomic E-state index is 9.33. The smallest absolute Gasteiger partial charge is 0.0515 e. The lowest BCUT2D eigenvalue weighted by molar-refractivity contribution is 0.185. The average molecular weight is 261 g/mol. The molecular formula is C17H27NO. The van der Waals surface area contributed by atoms with E-state index < -0.39 is 0 Å². The lowest BCUT2D eigenvalue weighted by atomic mass is 9.69. The number of aryl methyl sites for hydroxylation is 1. The molecule has 0 aliphatic heterocycles. The fourth-order valence-corrected chi connectivity index (χ4v) is 3.24. The topological polar surface area (TPSA) is 46.2 Å². The predicted octanol–water partition coefficient (Wildman–Crippen LogP) is 3.16. The van der Waals surface area contributed by atoms with E-state index in [0.29, 0.717) is 0 Å². The van der Waals surface area contributed by atoms with Gasteiger partial charge in [0.25, 0.3) is 0 Å². The molecule has 1 unspecified atom stereocenters. The van der Waals surface area contributed by atoms with Gasteiger partial charge in [-0.3, -0.25) is 0 Å². The monoisotopic (exact) mass is 261 g/mol. The third-order valence-electron chi connectivity index (χ3n) is 4.62. The first-order valence-corrected chi connectivity index (χ1v) is 7.64. The second-order valence-electron chi connectivity index (χ2n) is 6.13. The van der Waals surface area contributed by atoms with Crippen LogP contribution in [0, 0.1) is 0 Å². The maximum atomic E-state index is 9.33. The number of hydrogen-bond donors (Lipinski definition) is 2. The van der Waals surface area contributed by atoms with Gasteiger partial charge in [0.05, 0.1) is 6.10 Å². The highest BCUT2D eigenvalue weighted by Crippen LogP contribution is 2.38. The molecule has 1 aromatic carbocycles. The number of rotatable bonds is 5. The van der Waals surface area contributed by atoms with Crippen LogP contribution in [0.15, 0.2) is 24.3 Å². The molecule has 1 aromatic rings. The van der Waals surface area contributed by atoms with E-state index in [1.165, 1.54) is 43.2 Å². The van der Waals surface area contributed by atoms with E-state index in [2.05, 4.69) is 24.3 Å². The van der Waals surface area contributed by atoms with Crippen molar-refractivity contribution in [3.8, 4) is 0 Å². The number of nitrogens with two attached hydrogens (primary N) is 1. The van der Waals surface area contributed by atoms with Gasteiger partial charge in [-0.1, -0.05) is 43.5 Å². The van der Waals surface area contributed by atoms with Crippen molar-refractivity contribution >= 4 is 0 Å². The standard InChI is InChI=1S/C17H27NO/c1-14(19)5-6-15-7-9-16(10-8-15)17(13-18)11-3-2-4-12-17/h7-10,14,19H,2-6,11-13,18H2,1H3. The molecular weight excluding hydrogens is 234 g/mol. The molecule has 1 saturated carbocycles. The highest BCUT2D eigenvalue weighted by atomic mass is 16.3. The Morgan fingerprint density at radius 2 is 1.79 bits per heavy atom. The van der Waals surface area contributed by atoms with Crippen LogP contribution >= 0.6 is 0 Å². The van der Waals surface area contributed by atoms with E-state index >= 15 is 0 Å². The van der Waals surface area contributed by atoms with Crippen molar-refractivity contribution in [3.05, 3.63) is 35.4 Å². The first-order valence-electron chi connectivity index (χ1n) is 7.64. The average Bonchev–Trinajstić information content (AvgIpc) is 2.46. The van der Waals surface area contributed by atoms with Crippen LogP contribution in [0.25, 0.3) is 0 Å². The molecule has 1 aliphatic carbocycles. The van der Waals surface area contributed by atoms with Crippen molar-refractivity contribution in [1.29, 1.82) is 0 Å². The van der Waals surface area contributed by atoms with Gasteiger partial charge in [-0.25, -0.2) is 0 Å². The second kappa shape index (κ2) is 6.53. The Labute approximate surface area is 117 Å². The summed E-state index contributed by atoms with van der Waals surface area (Å²) >= 11 is 0. The quantitative estimate of drug-likeness (QED) is 0.855. The van der Waals surface area contributed by atoms with Crippen LogP contribution in [0.3, 0.4) is 0 Å². The molecule has 0 amide bonds. The highest BCUT2D eigenvalue weighted by Gasteiger charge is 2.32. The summed E-state index contributed by atoms with van der Waals surface area (Å²) in [7, 11) is 0. The van der Waals surface area contributed by atoms with Crippen molar-refractivity contribution in [3.63, 3.8) is 0 Å². The zero-order chi connectivity index (χ0) is 13.7. The van der Waals surface area contributed by atoms with Crippen molar-refractivity contribution in [2.24, 2.45) is 5.73 Å². The molecule has 1 atom stereocenters. The molecule has 0 radical (unpaired) electrons. The van der Waals surface area contributed by atoms with Crippen LogP contribution < -0.4 is 5.73 Å². The summed E-state index contributed by atoms with van der Waals surface area (Å²) in [5, 5.41) is 9.33. The minimum Gasteiger partial charge on any atom is -0.393 e. The summed E-state index contributed by atoms with van der Waals surface area (Å²) in [5.41, 5.74) is 9.02. The lowest BCUT2D eigenvalue weighted by Gasteiger charge is -2.37. The Bertz CT molecular complexity index is 377. The third kappa shape index (κ3) is 3.58. The van der Waals surface area contributed by atoms with Gasteiger partial charge in [0, 0.05) is 12.0 Å². The maximum Gasteiger partial charge on any atom is 0.0515 e. The van der Waals surface area contributed by atoms with Crippen LogP contribution in [0.4, 0.5) is 0 Å². The van der Waals surface area contributed by atoms with Crippen LogP contribution in [-0.2, 0) is 11.8 Å². The molecule has 106 valence electrons. The lowest BCUT2D eigenvalue weighted by Crippen LogP contribution is -2.37. The molecule has 2 rings (SSSR count). The number of benzene rings is 1. The van der Waals surface area contributed by atoms with Crippen LogP contribution in [0.2, 0.25) is 0 Å². The van der Waals surface area contributed by atoms with Crippen molar-refractivity contribution in [2.45, 2.75) is 63.4 Å². The van der Waals surface area contributed by atoms with Crippen LogP contribution in [-0.4, -0.2) is 17.8 Å². The Hall–Kier alpha value is -0.860. The first kappa shape index (κ1) is 14.5. The van der Waals surface area contributed by atoms with Gasteiger partial charge in [-0.05, 0) is 43.7 Å². The van der Waals surface area contributed by atoms with Gasteiger partial charge in [-0.15, -0.1) is 0 Å². The Morgan fingerprint density at radius 1 is 1.16 bits per heavy atom. The molecule has 0 bridgehead atoms. The summed E-state index contributed by atoms with van der Waals surface area (Å²) in [6.45, 7) is 2.61. The molecule has 2 heteroatoms. The van der Waals surface area contributed by atoms with Gasteiger partial charge in [0.15, 0.2) is 0 Å². The molecule has 19 heavy (non-hydrogen) atoms. The summed E-state index contributed by atoms with van der Waals surface area (Å²) in [5.74, 6) is 0. The van der Waals surface area contributed by atoms with Gasteiger partial charge in [-0.2, -0.15) is 0 Å². The number of aliphatic hydroxyl groups is 1. The molecule has 0 spiro atoms. The number of hydrogen-bond acceptors (Lipinski definition) is 2. The largest absolute Gasteiger partial charge is 0.393 e. The zero-order valence-corrected chi connectivity index (χ0v) is 12.1. The fourth-order valence-electron chi connectivity index (χ4n) is 3.24. The molecule has 2 nitrogen and oxygen atoms in total. The minimum absolute atomic E-state index is 0.214. The molecule has 1 fully saturated rings. The van der Waals surface area contributed by atoms with E-state index in [0.717, 1.165) is 19.4 Å². The summed E-state index contributed by atoms with van der Waals surface area (Å²) < 4.78 is 0. The molecule has 3 N–H and O–H groups in total. The van der Waals surface area contributed by atoms with Gasteiger partial charge in [0.1, 0.15) is 0 Å². The normalized spacial score (nSPS) is 20.2. The van der Waals surface area contributed by atoms with E-state index in [-0.39, 0.29) is 11.5 Å².